The molecule has 0 radical (unpaired) electrons. The minimum absolute atomic E-state index is 0.855. The molecule has 16 heavy (non-hydrogen) atoms. The molecule has 0 aliphatic heterocycles. The van der Waals surface area contributed by atoms with Crippen molar-refractivity contribution < 1.29 is 4.79 Å². The van der Waals surface area contributed by atoms with Gasteiger partial charge < -0.3 is 4.90 Å². The van der Waals surface area contributed by atoms with Gasteiger partial charge in [-0.1, -0.05) is 49.8 Å². The Morgan fingerprint density at radius 3 is 2.62 bits per heavy atom. The highest BCUT2D eigenvalue weighted by Crippen LogP contribution is 2.16. The minimum Gasteiger partial charge on any atom is -0.318 e. The molecule has 88 valence electrons. The topological polar surface area (TPSA) is 20.3 Å². The highest BCUT2D eigenvalue weighted by Gasteiger charge is 2.22. The van der Waals surface area contributed by atoms with E-state index in [1.54, 1.807) is 11.9 Å². The summed E-state index contributed by atoms with van der Waals surface area (Å²) >= 11 is 0. The normalized spacial score (nSPS) is 11.2. The van der Waals surface area contributed by atoms with Gasteiger partial charge in [-0.05, 0) is 12.1 Å². The molecule has 0 aliphatic rings. The molecule has 3 heteroatoms. The molecule has 0 atom stereocenters. The van der Waals surface area contributed by atoms with Crippen LogP contribution in [0.3, 0.4) is 0 Å². The summed E-state index contributed by atoms with van der Waals surface area (Å²) in [7, 11) is 0.480. The van der Waals surface area contributed by atoms with Crippen LogP contribution >= 0.6 is 0 Å². The first-order valence-corrected chi connectivity index (χ1v) is 9.00. The molecule has 0 saturated carbocycles. The highest BCUT2D eigenvalue weighted by molar-refractivity contribution is 6.89. The number of nitrogens with zero attached hydrogens (tertiary/aromatic N) is 1. The van der Waals surface area contributed by atoms with E-state index in [0.29, 0.717) is 0 Å². The molecule has 0 saturated heterocycles. The fraction of sp³-hybridized carbons (Fsp3) is 0.462. The third kappa shape index (κ3) is 2.95. The maximum Gasteiger partial charge on any atom is 0.213 e. The smallest absolute Gasteiger partial charge is 0.213 e. The Hall–Kier alpha value is -1.09. The Morgan fingerprint density at radius 2 is 2.06 bits per heavy atom. The lowest BCUT2D eigenvalue weighted by atomic mass is 10.3. The van der Waals surface area contributed by atoms with Crippen molar-refractivity contribution in [2.24, 2.45) is 0 Å². The number of carbonyl (C=O) groups is 1. The van der Waals surface area contributed by atoms with Crippen LogP contribution in [-0.2, 0) is 4.79 Å². The van der Waals surface area contributed by atoms with Crippen molar-refractivity contribution in [2.45, 2.75) is 32.5 Å². The molecule has 0 bridgehead atoms. The molecular formula is C13H21NOSi. The van der Waals surface area contributed by atoms with Gasteiger partial charge in [-0.2, -0.15) is 0 Å². The summed E-state index contributed by atoms with van der Waals surface area (Å²) in [5.74, 6) is 0. The zero-order chi connectivity index (χ0) is 12.2. The second kappa shape index (κ2) is 5.30. The van der Waals surface area contributed by atoms with E-state index in [0.717, 1.165) is 12.1 Å². The first kappa shape index (κ1) is 13.0. The molecule has 1 aromatic carbocycles. The Labute approximate surface area is 99.3 Å². The van der Waals surface area contributed by atoms with E-state index in [1.807, 2.05) is 6.07 Å². The lowest BCUT2D eigenvalue weighted by Crippen LogP contribution is -2.41. The van der Waals surface area contributed by atoms with Crippen LogP contribution in [0.15, 0.2) is 24.3 Å². The van der Waals surface area contributed by atoms with Crippen LogP contribution in [0.25, 0.3) is 0 Å². The van der Waals surface area contributed by atoms with Crippen molar-refractivity contribution in [3.05, 3.63) is 24.3 Å². The van der Waals surface area contributed by atoms with Gasteiger partial charge in [0.2, 0.25) is 6.41 Å². The molecule has 0 heterocycles. The standard InChI is InChI=1S/C13H21NOSi/c1-5-9-16(3,4)13-8-6-7-12(10-13)14(2)11-15/h6-8,10-11H,5,9H2,1-4H3. The second-order valence-corrected chi connectivity index (χ2v) is 9.75. The number of amides is 1. The van der Waals surface area contributed by atoms with E-state index < -0.39 is 8.07 Å². The van der Waals surface area contributed by atoms with Gasteiger partial charge in [-0.15, -0.1) is 0 Å². The van der Waals surface area contributed by atoms with Gasteiger partial charge >= 0.3 is 0 Å². The number of benzene rings is 1. The van der Waals surface area contributed by atoms with Gasteiger partial charge in [0.25, 0.3) is 0 Å². The molecule has 1 amide bonds. The monoisotopic (exact) mass is 235 g/mol. The van der Waals surface area contributed by atoms with Crippen LogP contribution in [0, 0.1) is 0 Å². The molecule has 0 unspecified atom stereocenters. The molecule has 1 rings (SSSR count). The fourth-order valence-corrected chi connectivity index (χ4v) is 4.60. The first-order chi connectivity index (χ1) is 7.51. The summed E-state index contributed by atoms with van der Waals surface area (Å²) < 4.78 is 0. The molecule has 0 N–H and O–H groups in total. The zero-order valence-electron chi connectivity index (χ0n) is 10.7. The van der Waals surface area contributed by atoms with Crippen LogP contribution in [0.1, 0.15) is 13.3 Å². The van der Waals surface area contributed by atoms with Gasteiger partial charge in [0.15, 0.2) is 0 Å². The third-order valence-corrected chi connectivity index (χ3v) is 6.69. The summed E-state index contributed by atoms with van der Waals surface area (Å²) in [6, 6.07) is 9.69. The molecule has 0 aliphatic carbocycles. The molecule has 1 aromatic rings. The maximum absolute atomic E-state index is 10.7. The SMILES string of the molecule is CCC[Si](C)(C)c1cccc(N(C)C=O)c1. The van der Waals surface area contributed by atoms with Crippen LogP contribution in [0.4, 0.5) is 5.69 Å². The van der Waals surface area contributed by atoms with E-state index in [9.17, 15) is 4.79 Å². The molecule has 2 nitrogen and oxygen atoms in total. The lowest BCUT2D eigenvalue weighted by molar-refractivity contribution is -0.107. The van der Waals surface area contributed by atoms with Crippen LogP contribution in [0.5, 0.6) is 0 Å². The predicted molar refractivity (Wildman–Crippen MR) is 73.1 cm³/mol. The van der Waals surface area contributed by atoms with E-state index in [1.165, 1.54) is 17.7 Å². The average molecular weight is 235 g/mol. The Morgan fingerprint density at radius 1 is 1.38 bits per heavy atom. The van der Waals surface area contributed by atoms with Crippen LogP contribution in [0.2, 0.25) is 19.1 Å². The number of rotatable bonds is 5. The number of hydrogen-bond acceptors (Lipinski definition) is 1. The maximum atomic E-state index is 10.7. The fourth-order valence-electron chi connectivity index (χ4n) is 1.98. The average Bonchev–Trinajstić information content (AvgIpc) is 2.28. The van der Waals surface area contributed by atoms with Gasteiger partial charge in [0, 0.05) is 12.7 Å². The predicted octanol–water partition coefficient (Wildman–Crippen LogP) is 2.60. The van der Waals surface area contributed by atoms with Crippen molar-refractivity contribution in [2.75, 3.05) is 11.9 Å². The summed E-state index contributed by atoms with van der Waals surface area (Å²) in [4.78, 5) is 12.4. The third-order valence-electron chi connectivity index (χ3n) is 3.07. The molecule has 0 aromatic heterocycles. The molecule has 0 fully saturated rings. The number of carbonyl (C=O) groups excluding carboxylic acids is 1. The zero-order valence-corrected chi connectivity index (χ0v) is 11.7. The van der Waals surface area contributed by atoms with E-state index >= 15 is 0 Å². The minimum atomic E-state index is -1.31. The largest absolute Gasteiger partial charge is 0.318 e. The Bertz CT molecular complexity index is 363. The van der Waals surface area contributed by atoms with Crippen molar-refractivity contribution in [3.63, 3.8) is 0 Å². The van der Waals surface area contributed by atoms with Gasteiger partial charge in [0.05, 0.1) is 8.07 Å². The van der Waals surface area contributed by atoms with Crippen molar-refractivity contribution in [3.8, 4) is 0 Å². The number of hydrogen-bond donors (Lipinski definition) is 0. The van der Waals surface area contributed by atoms with E-state index in [4.69, 9.17) is 0 Å². The quantitative estimate of drug-likeness (QED) is 0.567. The van der Waals surface area contributed by atoms with Crippen molar-refractivity contribution in [1.29, 1.82) is 0 Å². The Balaban J connectivity index is 3.02. The lowest BCUT2D eigenvalue weighted by Gasteiger charge is -2.23. The van der Waals surface area contributed by atoms with Gasteiger partial charge in [-0.3, -0.25) is 4.79 Å². The second-order valence-electron chi connectivity index (χ2n) is 4.90. The van der Waals surface area contributed by atoms with E-state index in [-0.39, 0.29) is 0 Å². The van der Waals surface area contributed by atoms with Gasteiger partial charge in [-0.25, -0.2) is 0 Å². The first-order valence-electron chi connectivity index (χ1n) is 5.80. The number of anilines is 1. The highest BCUT2D eigenvalue weighted by atomic mass is 28.3. The van der Waals surface area contributed by atoms with E-state index in [2.05, 4.69) is 38.2 Å². The summed E-state index contributed by atoms with van der Waals surface area (Å²) in [5.41, 5.74) is 0.990. The van der Waals surface area contributed by atoms with Crippen LogP contribution < -0.4 is 10.1 Å². The van der Waals surface area contributed by atoms with Crippen molar-refractivity contribution >= 4 is 25.4 Å². The molecular weight excluding hydrogens is 214 g/mol. The van der Waals surface area contributed by atoms with Crippen LogP contribution in [-0.4, -0.2) is 21.5 Å². The Kier molecular flexibility index (Phi) is 4.30. The summed E-state index contributed by atoms with van der Waals surface area (Å²) in [6.45, 7) is 7.00. The summed E-state index contributed by atoms with van der Waals surface area (Å²) in [5, 5.41) is 1.43. The summed E-state index contributed by atoms with van der Waals surface area (Å²) in [6.07, 6.45) is 2.08. The van der Waals surface area contributed by atoms with Crippen molar-refractivity contribution in [1.82, 2.24) is 0 Å². The van der Waals surface area contributed by atoms with Gasteiger partial charge in [0.1, 0.15) is 0 Å². The molecule has 0 spiro atoms.